The lowest BCUT2D eigenvalue weighted by Crippen LogP contribution is -2.27. The molecule has 0 saturated heterocycles. The molecule has 0 saturated carbocycles. The van der Waals surface area contributed by atoms with Crippen molar-refractivity contribution in [3.05, 3.63) is 78.0 Å². The lowest BCUT2D eigenvalue weighted by molar-refractivity contribution is 0.0928. The lowest BCUT2D eigenvalue weighted by Gasteiger charge is -2.10. The summed E-state index contributed by atoms with van der Waals surface area (Å²) in [5.74, 6) is -0.350. The molecule has 4 heterocycles. The molecule has 9 nitrogen and oxygen atoms in total. The summed E-state index contributed by atoms with van der Waals surface area (Å²) in [6.07, 6.45) is 1.42. The van der Waals surface area contributed by atoms with Gasteiger partial charge in [0.2, 0.25) is 5.95 Å². The molecule has 1 amide bonds. The van der Waals surface area contributed by atoms with Crippen LogP contribution in [0.3, 0.4) is 0 Å². The van der Waals surface area contributed by atoms with Crippen LogP contribution in [0.2, 0.25) is 0 Å². The zero-order valence-electron chi connectivity index (χ0n) is 18.7. The molecule has 35 heavy (non-hydrogen) atoms. The second-order valence-electron chi connectivity index (χ2n) is 7.92. The van der Waals surface area contributed by atoms with Crippen LogP contribution in [0.4, 0.5) is 8.78 Å². The van der Waals surface area contributed by atoms with E-state index in [-0.39, 0.29) is 17.0 Å². The molecule has 1 unspecified atom stereocenters. The maximum atomic E-state index is 14.0. The molecule has 176 valence electrons. The summed E-state index contributed by atoms with van der Waals surface area (Å²) >= 11 is 0. The van der Waals surface area contributed by atoms with Gasteiger partial charge >= 0.3 is 0 Å². The summed E-state index contributed by atoms with van der Waals surface area (Å²) in [5.41, 5.74) is 2.78. The number of fused-ring (bicyclic) bond motifs is 1. The van der Waals surface area contributed by atoms with Gasteiger partial charge in [0.05, 0.1) is 28.3 Å². The zero-order valence-corrected chi connectivity index (χ0v) is 18.7. The normalized spacial score (nSPS) is 13.0. The van der Waals surface area contributed by atoms with Crippen molar-refractivity contribution in [2.45, 2.75) is 26.1 Å². The predicted molar refractivity (Wildman–Crippen MR) is 122 cm³/mol. The van der Waals surface area contributed by atoms with E-state index in [0.29, 0.717) is 33.9 Å². The van der Waals surface area contributed by atoms with Gasteiger partial charge in [-0.1, -0.05) is 11.2 Å². The number of carbonyl (C=O) groups excluding carboxylic acids is 1. The predicted octanol–water partition coefficient (Wildman–Crippen LogP) is 4.73. The van der Waals surface area contributed by atoms with E-state index >= 15 is 0 Å². The molecule has 1 aromatic carbocycles. The summed E-state index contributed by atoms with van der Waals surface area (Å²) < 4.78 is 33.0. The molecule has 0 bridgehead atoms. The number of halogens is 2. The number of H-pyrrole nitrogens is 1. The Morgan fingerprint density at radius 3 is 2.74 bits per heavy atom. The van der Waals surface area contributed by atoms with Crippen molar-refractivity contribution in [2.24, 2.45) is 0 Å². The Morgan fingerprint density at radius 2 is 1.94 bits per heavy atom. The summed E-state index contributed by atoms with van der Waals surface area (Å²) in [7, 11) is 0. The van der Waals surface area contributed by atoms with E-state index < -0.39 is 24.1 Å². The number of aromatic nitrogens is 6. The first-order valence-electron chi connectivity index (χ1n) is 10.7. The SMILES string of the molecule is CC(F)c1ccc2nc(-c3cc([C@H](C)NC(=O)c4cc(-c5cccnc5F)ncn4)on3)[nH]c2c1. The lowest BCUT2D eigenvalue weighted by atomic mass is 10.1. The van der Waals surface area contributed by atoms with E-state index in [1.54, 1.807) is 37.3 Å². The van der Waals surface area contributed by atoms with Crippen LogP contribution < -0.4 is 5.32 Å². The van der Waals surface area contributed by atoms with Crippen LogP contribution in [0, 0.1) is 5.95 Å². The molecule has 11 heteroatoms. The Bertz CT molecular complexity index is 1530. The number of benzene rings is 1. The molecule has 2 atom stereocenters. The van der Waals surface area contributed by atoms with Crippen molar-refractivity contribution < 1.29 is 18.1 Å². The molecular weight excluding hydrogens is 456 g/mol. The van der Waals surface area contributed by atoms with E-state index in [9.17, 15) is 13.6 Å². The molecule has 0 aliphatic rings. The standard InChI is InChI=1S/C24H19F2N7O2/c1-12(25)14-5-6-16-18(8-14)32-23(31-16)19-10-21(35-33-19)13(2)30-24(34)20-9-17(28-11-29-20)15-4-3-7-27-22(15)26/h3-13H,1-2H3,(H,30,34)(H,31,32)/t12?,13-/m0/s1. The number of nitrogens with one attached hydrogen (secondary N) is 2. The Labute approximate surface area is 197 Å². The number of amides is 1. The van der Waals surface area contributed by atoms with Crippen molar-refractivity contribution in [3.63, 3.8) is 0 Å². The van der Waals surface area contributed by atoms with Crippen molar-refractivity contribution in [3.8, 4) is 22.8 Å². The maximum absolute atomic E-state index is 14.0. The van der Waals surface area contributed by atoms with Gasteiger partial charge in [-0.15, -0.1) is 0 Å². The number of aromatic amines is 1. The molecule has 0 spiro atoms. The number of alkyl halides is 1. The Hall–Kier alpha value is -4.54. The first kappa shape index (κ1) is 22.3. The van der Waals surface area contributed by atoms with Crippen LogP contribution >= 0.6 is 0 Å². The van der Waals surface area contributed by atoms with E-state index in [4.69, 9.17) is 4.52 Å². The number of carbonyl (C=O) groups is 1. The first-order chi connectivity index (χ1) is 16.9. The molecule has 5 aromatic rings. The number of pyridine rings is 1. The van der Waals surface area contributed by atoms with E-state index in [2.05, 4.69) is 35.4 Å². The van der Waals surface area contributed by atoms with E-state index in [0.717, 1.165) is 0 Å². The second kappa shape index (κ2) is 9.01. The first-order valence-corrected chi connectivity index (χ1v) is 10.7. The van der Waals surface area contributed by atoms with Crippen LogP contribution in [-0.2, 0) is 0 Å². The van der Waals surface area contributed by atoms with Crippen molar-refractivity contribution in [1.29, 1.82) is 0 Å². The van der Waals surface area contributed by atoms with Gasteiger partial charge in [-0.3, -0.25) is 4.79 Å². The summed E-state index contributed by atoms with van der Waals surface area (Å²) in [6, 6.07) is 10.7. The third-order valence-electron chi connectivity index (χ3n) is 5.45. The van der Waals surface area contributed by atoms with Gasteiger partial charge in [-0.2, -0.15) is 4.39 Å². The monoisotopic (exact) mass is 475 g/mol. The Balaban J connectivity index is 1.33. The molecule has 0 radical (unpaired) electrons. The fourth-order valence-electron chi connectivity index (χ4n) is 3.55. The molecule has 0 fully saturated rings. The van der Waals surface area contributed by atoms with Crippen molar-refractivity contribution >= 4 is 16.9 Å². The van der Waals surface area contributed by atoms with Gasteiger partial charge < -0.3 is 14.8 Å². The van der Waals surface area contributed by atoms with Crippen LogP contribution in [0.15, 0.2) is 59.5 Å². The minimum absolute atomic E-state index is 0.0556. The highest BCUT2D eigenvalue weighted by Crippen LogP contribution is 2.26. The summed E-state index contributed by atoms with van der Waals surface area (Å²) in [5, 5.41) is 6.81. The van der Waals surface area contributed by atoms with Gasteiger partial charge in [-0.25, -0.2) is 24.3 Å². The van der Waals surface area contributed by atoms with Gasteiger partial charge in [-0.05, 0) is 49.7 Å². The van der Waals surface area contributed by atoms with Crippen LogP contribution in [-0.4, -0.2) is 36.0 Å². The van der Waals surface area contributed by atoms with Crippen LogP contribution in [0.5, 0.6) is 0 Å². The number of imidazole rings is 1. The number of hydrogen-bond acceptors (Lipinski definition) is 7. The minimum atomic E-state index is -1.09. The molecule has 4 aromatic heterocycles. The quantitative estimate of drug-likeness (QED) is 0.340. The molecule has 0 aliphatic heterocycles. The van der Waals surface area contributed by atoms with Crippen molar-refractivity contribution in [1.82, 2.24) is 35.4 Å². The van der Waals surface area contributed by atoms with Gasteiger partial charge in [0.15, 0.2) is 11.6 Å². The smallest absolute Gasteiger partial charge is 0.270 e. The summed E-state index contributed by atoms with van der Waals surface area (Å²) in [6.45, 7) is 3.19. The topological polar surface area (TPSA) is 122 Å². The third-order valence-corrected chi connectivity index (χ3v) is 5.45. The number of hydrogen-bond donors (Lipinski definition) is 2. The van der Waals surface area contributed by atoms with Gasteiger partial charge in [0.25, 0.3) is 5.91 Å². The van der Waals surface area contributed by atoms with E-state index in [1.165, 1.54) is 31.6 Å². The molecule has 0 aliphatic carbocycles. The minimum Gasteiger partial charge on any atom is -0.358 e. The average molecular weight is 475 g/mol. The highest BCUT2D eigenvalue weighted by molar-refractivity contribution is 5.93. The third kappa shape index (κ3) is 4.47. The molecule has 5 rings (SSSR count). The molecular formula is C24H19F2N7O2. The number of rotatable bonds is 6. The zero-order chi connectivity index (χ0) is 24.5. The van der Waals surface area contributed by atoms with Crippen LogP contribution in [0.1, 0.15) is 47.9 Å². The van der Waals surface area contributed by atoms with Gasteiger partial charge in [0.1, 0.15) is 23.9 Å². The highest BCUT2D eigenvalue weighted by atomic mass is 19.1. The Kier molecular flexibility index (Phi) is 5.73. The molecule has 2 N–H and O–H groups in total. The second-order valence-corrected chi connectivity index (χ2v) is 7.92. The fourth-order valence-corrected chi connectivity index (χ4v) is 3.55. The maximum Gasteiger partial charge on any atom is 0.270 e. The largest absolute Gasteiger partial charge is 0.358 e. The Morgan fingerprint density at radius 1 is 1.09 bits per heavy atom. The average Bonchev–Trinajstić information content (AvgIpc) is 3.51. The van der Waals surface area contributed by atoms with Crippen LogP contribution in [0.25, 0.3) is 33.8 Å². The fraction of sp³-hybridized carbons (Fsp3) is 0.167. The van der Waals surface area contributed by atoms with E-state index in [1.807, 2.05) is 0 Å². The van der Waals surface area contributed by atoms with Gasteiger partial charge in [0, 0.05) is 12.3 Å². The number of nitrogens with zero attached hydrogens (tertiary/aromatic N) is 5. The highest BCUT2D eigenvalue weighted by Gasteiger charge is 2.20. The summed E-state index contributed by atoms with van der Waals surface area (Å²) in [4.78, 5) is 32.0. The van der Waals surface area contributed by atoms with Crippen molar-refractivity contribution in [2.75, 3.05) is 0 Å².